The van der Waals surface area contributed by atoms with Gasteiger partial charge in [-0.3, -0.25) is 0 Å². The lowest BCUT2D eigenvalue weighted by Gasteiger charge is -2.28. The van der Waals surface area contributed by atoms with Crippen molar-refractivity contribution in [2.45, 2.75) is 50.7 Å². The van der Waals surface area contributed by atoms with Crippen LogP contribution in [0, 0.1) is 0 Å². The van der Waals surface area contributed by atoms with E-state index in [4.69, 9.17) is 0 Å². The number of hydrogen-bond acceptors (Lipinski definition) is 4. The number of hydrogen-bond donors (Lipinski definition) is 0. The molecule has 5 heteroatoms. The van der Waals surface area contributed by atoms with Gasteiger partial charge in [0.15, 0.2) is 0 Å². The van der Waals surface area contributed by atoms with E-state index < -0.39 is 8.07 Å². The van der Waals surface area contributed by atoms with Crippen LogP contribution in [0.25, 0.3) is 139 Å². The van der Waals surface area contributed by atoms with Crippen molar-refractivity contribution in [3.8, 4) is 44.5 Å². The van der Waals surface area contributed by atoms with E-state index >= 15 is 0 Å². The summed E-state index contributed by atoms with van der Waals surface area (Å²) in [6.07, 6.45) is 0. The zero-order valence-corrected chi connectivity index (χ0v) is 75.3. The highest BCUT2D eigenvalue weighted by Gasteiger charge is 2.37. The molecule has 614 valence electrons. The van der Waals surface area contributed by atoms with E-state index in [1.807, 2.05) is 22.7 Å². The molecule has 21 aromatic carbocycles. The van der Waals surface area contributed by atoms with Gasteiger partial charge >= 0.3 is 0 Å². The number of nitrogens with zero attached hydrogens (tertiary/aromatic N) is 2. The lowest BCUT2D eigenvalue weighted by atomic mass is 9.78. The van der Waals surface area contributed by atoms with Crippen molar-refractivity contribution in [1.29, 1.82) is 0 Å². The SMILES string of the molecule is CC1(C)c2cc(-c3ccc4c(c3)sc3c5ccc(N(c6ccccc6)c6ccccc6-c6ccccc6)cc5c5ccccc5c43)ccc2-c2ccc(C(c3ccccc3)c3ccccc3)cc21.C[Si](C)(C)c1ccc(C(c2ccccc2)c2ccc(-c3ccc4c(c3)sc3c5ccc(N(c6ccccc6)c6ccccc6)cc5c5ccccc5c43)c3ccccc23)cc1. The number of benzene rings is 21. The molecule has 1 unspecified atom stereocenters. The maximum Gasteiger partial charge on any atom is 0.0775 e. The van der Waals surface area contributed by atoms with Crippen LogP contribution in [-0.4, -0.2) is 8.07 Å². The molecule has 2 heterocycles. The van der Waals surface area contributed by atoms with Gasteiger partial charge in [-0.1, -0.05) is 409 Å². The number of fused-ring (bicyclic) bond motifs is 20. The average Bonchev–Trinajstić information content (AvgIpc) is 1.60. The summed E-state index contributed by atoms with van der Waals surface area (Å²) in [5.74, 6) is 0.281. The smallest absolute Gasteiger partial charge is 0.0775 e. The van der Waals surface area contributed by atoms with Crippen molar-refractivity contribution < 1.29 is 0 Å². The molecular formula is C124H92N2S2Si. The summed E-state index contributed by atoms with van der Waals surface area (Å²) in [6.45, 7) is 12.1. The molecule has 0 aliphatic heterocycles. The van der Waals surface area contributed by atoms with Crippen LogP contribution in [0.5, 0.6) is 0 Å². The van der Waals surface area contributed by atoms with Crippen molar-refractivity contribution in [3.05, 3.63) is 499 Å². The van der Waals surface area contributed by atoms with E-state index in [0.717, 1.165) is 34.1 Å². The van der Waals surface area contributed by atoms with Gasteiger partial charge in [0, 0.05) is 102 Å². The van der Waals surface area contributed by atoms with Gasteiger partial charge in [0.25, 0.3) is 0 Å². The molecule has 0 spiro atoms. The normalized spacial score (nSPS) is 12.6. The molecule has 23 aromatic rings. The summed E-state index contributed by atoms with van der Waals surface area (Å²) in [5.41, 5.74) is 27.5. The monoisotopic (exact) mass is 1700 g/mol. The van der Waals surface area contributed by atoms with Crippen molar-refractivity contribution in [2.24, 2.45) is 0 Å². The van der Waals surface area contributed by atoms with Gasteiger partial charge in [-0.05, 0) is 211 Å². The van der Waals surface area contributed by atoms with E-state index in [-0.39, 0.29) is 17.3 Å². The summed E-state index contributed by atoms with van der Waals surface area (Å²) in [6, 6.07) is 169. The molecule has 0 saturated heterocycles. The topological polar surface area (TPSA) is 6.48 Å². The quantitative estimate of drug-likeness (QED) is 0.0540. The molecule has 0 amide bonds. The van der Waals surface area contributed by atoms with E-state index in [0.29, 0.717) is 0 Å². The number of anilines is 6. The van der Waals surface area contributed by atoms with Crippen LogP contribution >= 0.6 is 22.7 Å². The van der Waals surface area contributed by atoms with Crippen LogP contribution in [0.2, 0.25) is 19.6 Å². The Kier molecular flexibility index (Phi) is 19.9. The summed E-state index contributed by atoms with van der Waals surface area (Å²) >= 11 is 3.85. The van der Waals surface area contributed by atoms with E-state index in [1.54, 1.807) is 0 Å². The molecule has 0 bridgehead atoms. The first-order valence-electron chi connectivity index (χ1n) is 45.0. The molecule has 0 N–H and O–H groups in total. The highest BCUT2D eigenvalue weighted by Crippen LogP contribution is 2.55. The zero-order valence-electron chi connectivity index (χ0n) is 72.7. The molecule has 1 atom stereocenters. The van der Waals surface area contributed by atoms with Gasteiger partial charge in [0.05, 0.1) is 13.8 Å². The Hall–Kier alpha value is -14.8. The Labute approximate surface area is 762 Å². The van der Waals surface area contributed by atoms with Gasteiger partial charge < -0.3 is 9.80 Å². The minimum Gasteiger partial charge on any atom is -0.310 e. The third kappa shape index (κ3) is 14.0. The summed E-state index contributed by atoms with van der Waals surface area (Å²) in [5, 5.41) is 19.6. The van der Waals surface area contributed by atoms with Crippen LogP contribution in [0.1, 0.15) is 70.2 Å². The largest absolute Gasteiger partial charge is 0.310 e. The standard InChI is InChI=1S/C66H47NS.C58H45NSSi/c1-66(2)59-39-46(31-35-53(59)54-36-33-48(40-60(54)66)63(44-21-9-4-10-22-44)45-23-11-5-12-24-45)47-32-37-57-62(41-47)68-65-56-38-34-50(42-58(56)52-28-15-16-29-55(52)64(57)65)67(49-25-13-6-14-26-49)61-30-18-17-27-51(61)43-19-7-3-8-20-43;1-61(2,3)45-31-27-40(28-32-45)56(39-17-7-4-8-18-39)51-36-35-46(47-23-13-14-24-48(47)51)41-29-33-53-55(37-41)60-58-52-34-30-44(38-54(52)49-25-15-16-26-50(49)57(53)58)59(42-19-9-5-10-20-42)43-21-11-6-12-22-43/h3-42,63H,1-2H3;4-38,56H,1-3H3. The van der Waals surface area contributed by atoms with Crippen molar-refractivity contribution in [3.63, 3.8) is 0 Å². The van der Waals surface area contributed by atoms with Crippen molar-refractivity contribution in [1.82, 2.24) is 0 Å². The second-order valence-electron chi connectivity index (χ2n) is 36.1. The summed E-state index contributed by atoms with van der Waals surface area (Å²) < 4.78 is 5.29. The van der Waals surface area contributed by atoms with Crippen molar-refractivity contribution in [2.75, 3.05) is 9.80 Å². The lowest BCUT2D eigenvalue weighted by Crippen LogP contribution is -2.37. The van der Waals surface area contributed by atoms with E-state index in [2.05, 4.69) is 498 Å². The molecule has 0 fully saturated rings. The highest BCUT2D eigenvalue weighted by molar-refractivity contribution is 7.27. The first kappa shape index (κ1) is 78.9. The first-order valence-corrected chi connectivity index (χ1v) is 50.1. The van der Waals surface area contributed by atoms with Crippen LogP contribution in [0.4, 0.5) is 34.1 Å². The molecule has 2 aromatic heterocycles. The fourth-order valence-electron chi connectivity index (χ4n) is 20.8. The van der Waals surface area contributed by atoms with Crippen molar-refractivity contribution >= 4 is 164 Å². The first-order chi connectivity index (χ1) is 63.4. The highest BCUT2D eigenvalue weighted by atomic mass is 32.1. The molecule has 129 heavy (non-hydrogen) atoms. The predicted molar refractivity (Wildman–Crippen MR) is 560 cm³/mol. The van der Waals surface area contributed by atoms with Gasteiger partial charge in [-0.15, -0.1) is 22.7 Å². The molecule has 24 rings (SSSR count). The zero-order chi connectivity index (χ0) is 86.4. The van der Waals surface area contributed by atoms with E-state index in [1.165, 1.54) is 188 Å². The van der Waals surface area contributed by atoms with Crippen LogP contribution in [-0.2, 0) is 5.41 Å². The number of thiophene rings is 2. The molecule has 1 aliphatic carbocycles. The maximum atomic E-state index is 2.49. The third-order valence-electron chi connectivity index (χ3n) is 27.1. The fraction of sp³-hybridized carbons (Fsp3) is 0.0645. The van der Waals surface area contributed by atoms with Gasteiger partial charge in [0.1, 0.15) is 0 Å². The molecular weight excluding hydrogens is 1610 g/mol. The minimum atomic E-state index is -1.43. The van der Waals surface area contributed by atoms with Crippen LogP contribution < -0.4 is 15.0 Å². The fourth-order valence-corrected chi connectivity index (χ4v) is 24.6. The Bertz CT molecular complexity index is 8150. The minimum absolute atomic E-state index is 0.121. The number of rotatable bonds is 16. The van der Waals surface area contributed by atoms with Crippen LogP contribution in [0.15, 0.2) is 455 Å². The molecule has 1 aliphatic rings. The van der Waals surface area contributed by atoms with Gasteiger partial charge in [0.2, 0.25) is 0 Å². The number of para-hydroxylation sites is 4. The second-order valence-corrected chi connectivity index (χ2v) is 43.2. The van der Waals surface area contributed by atoms with Crippen LogP contribution in [0.3, 0.4) is 0 Å². The predicted octanol–water partition coefficient (Wildman–Crippen LogP) is 35.0. The second kappa shape index (κ2) is 32.5. The van der Waals surface area contributed by atoms with Gasteiger partial charge in [-0.25, -0.2) is 0 Å². The van der Waals surface area contributed by atoms with E-state index in [9.17, 15) is 0 Å². The lowest BCUT2D eigenvalue weighted by molar-refractivity contribution is 0.659. The molecule has 0 radical (unpaired) electrons. The Balaban J connectivity index is 0.000000148. The Morgan fingerprint density at radius 2 is 0.620 bits per heavy atom. The van der Waals surface area contributed by atoms with Gasteiger partial charge in [-0.2, -0.15) is 0 Å². The third-order valence-corrected chi connectivity index (χ3v) is 31.5. The molecule has 0 saturated carbocycles. The summed E-state index contributed by atoms with van der Waals surface area (Å²) in [7, 11) is -1.43. The Morgan fingerprint density at radius 3 is 1.16 bits per heavy atom. The summed E-state index contributed by atoms with van der Waals surface area (Å²) in [4.78, 5) is 4.77. The molecule has 2 nitrogen and oxygen atoms in total. The average molecular weight is 1700 g/mol. The maximum absolute atomic E-state index is 2.49. The Morgan fingerprint density at radius 1 is 0.233 bits per heavy atom.